The molecule has 0 amide bonds. The second-order valence-electron chi connectivity index (χ2n) is 5.35. The highest BCUT2D eigenvalue weighted by atomic mass is 19.1. The number of nitrogens with one attached hydrogen (secondary N) is 1. The number of pyridine rings is 1. The molecule has 1 aromatic heterocycles. The summed E-state index contributed by atoms with van der Waals surface area (Å²) < 4.78 is 18.7. The van der Waals surface area contributed by atoms with Crippen LogP contribution in [0.1, 0.15) is 18.2 Å². The summed E-state index contributed by atoms with van der Waals surface area (Å²) in [6, 6.07) is 14.0. The molecule has 0 atom stereocenters. The van der Waals surface area contributed by atoms with Crippen LogP contribution in [-0.2, 0) is 0 Å². The topological polar surface area (TPSA) is 46.5 Å². The van der Waals surface area contributed by atoms with Gasteiger partial charge in [0.15, 0.2) is 0 Å². The molecule has 1 heterocycles. The van der Waals surface area contributed by atoms with Crippen LogP contribution < -0.4 is 10.2 Å². The first-order valence-electron chi connectivity index (χ1n) is 7.74. The largest absolute Gasteiger partial charge is 0.494 e. The van der Waals surface area contributed by atoms with Gasteiger partial charge in [-0.2, -0.15) is 5.10 Å². The maximum absolute atomic E-state index is 13.2. The second-order valence-corrected chi connectivity index (χ2v) is 5.35. The smallest absolute Gasteiger partial charge is 0.123 e. The van der Waals surface area contributed by atoms with E-state index in [2.05, 4.69) is 15.5 Å². The van der Waals surface area contributed by atoms with Crippen molar-refractivity contribution in [2.45, 2.75) is 13.8 Å². The number of halogens is 1. The number of hydrogen-bond donors (Lipinski definition) is 1. The predicted octanol–water partition coefficient (Wildman–Crippen LogP) is 4.53. The van der Waals surface area contributed by atoms with Crippen LogP contribution in [0.2, 0.25) is 0 Å². The maximum atomic E-state index is 13.2. The summed E-state index contributed by atoms with van der Waals surface area (Å²) in [7, 11) is 0. The van der Waals surface area contributed by atoms with Crippen molar-refractivity contribution in [1.82, 2.24) is 4.98 Å². The van der Waals surface area contributed by atoms with Gasteiger partial charge in [-0.15, -0.1) is 0 Å². The van der Waals surface area contributed by atoms with Gasteiger partial charge in [-0.25, -0.2) is 4.39 Å². The lowest BCUT2D eigenvalue weighted by Gasteiger charge is -2.09. The number of hydrogen-bond acceptors (Lipinski definition) is 4. The average Bonchev–Trinajstić information content (AvgIpc) is 2.55. The Bertz CT molecular complexity index is 893. The van der Waals surface area contributed by atoms with Crippen molar-refractivity contribution in [2.24, 2.45) is 5.10 Å². The molecule has 5 heteroatoms. The van der Waals surface area contributed by atoms with Crippen molar-refractivity contribution in [2.75, 3.05) is 12.0 Å². The quantitative estimate of drug-likeness (QED) is 0.554. The minimum atomic E-state index is -0.285. The summed E-state index contributed by atoms with van der Waals surface area (Å²) in [4.78, 5) is 4.54. The number of anilines is 1. The molecule has 3 aromatic rings. The Morgan fingerprint density at radius 1 is 1.21 bits per heavy atom. The van der Waals surface area contributed by atoms with Gasteiger partial charge in [-0.1, -0.05) is 12.1 Å². The fraction of sp³-hybridized carbons (Fsp3) is 0.158. The van der Waals surface area contributed by atoms with Crippen LogP contribution in [-0.4, -0.2) is 17.8 Å². The zero-order valence-corrected chi connectivity index (χ0v) is 13.6. The van der Waals surface area contributed by atoms with Crippen molar-refractivity contribution >= 4 is 22.8 Å². The molecule has 122 valence electrons. The van der Waals surface area contributed by atoms with Gasteiger partial charge in [0, 0.05) is 17.1 Å². The highest BCUT2D eigenvalue weighted by molar-refractivity contribution is 5.92. The molecule has 4 nitrogen and oxygen atoms in total. The average molecular weight is 323 g/mol. The molecule has 0 aliphatic rings. The Morgan fingerprint density at radius 2 is 2.08 bits per heavy atom. The summed E-state index contributed by atoms with van der Waals surface area (Å²) in [5, 5.41) is 5.15. The van der Waals surface area contributed by atoms with E-state index >= 15 is 0 Å². The first-order valence-corrected chi connectivity index (χ1v) is 7.74. The van der Waals surface area contributed by atoms with Crippen LogP contribution in [0, 0.1) is 12.7 Å². The maximum Gasteiger partial charge on any atom is 0.123 e. The number of hydrazone groups is 1. The lowest BCUT2D eigenvalue weighted by molar-refractivity contribution is 0.340. The van der Waals surface area contributed by atoms with E-state index in [0.29, 0.717) is 12.2 Å². The molecular formula is C19H18FN3O. The minimum Gasteiger partial charge on any atom is -0.494 e. The van der Waals surface area contributed by atoms with Gasteiger partial charge in [0.1, 0.15) is 11.6 Å². The molecule has 3 rings (SSSR count). The number of fused-ring (bicyclic) bond motifs is 1. The number of aryl methyl sites for hydroxylation is 1. The molecule has 1 N–H and O–H groups in total. The summed E-state index contributed by atoms with van der Waals surface area (Å²) in [6.07, 6.45) is 1.58. The van der Waals surface area contributed by atoms with Gasteiger partial charge in [0.25, 0.3) is 0 Å². The molecule has 0 bridgehead atoms. The SMILES string of the molecule is CCOc1ccc2c(NN=Cc3cccc(F)c3)cc(C)nc2c1. The fourth-order valence-electron chi connectivity index (χ4n) is 2.45. The third kappa shape index (κ3) is 3.68. The Morgan fingerprint density at radius 3 is 2.88 bits per heavy atom. The van der Waals surface area contributed by atoms with E-state index in [0.717, 1.165) is 28.0 Å². The summed E-state index contributed by atoms with van der Waals surface area (Å²) in [6.45, 7) is 4.48. The van der Waals surface area contributed by atoms with Gasteiger partial charge < -0.3 is 4.74 Å². The zero-order chi connectivity index (χ0) is 16.9. The highest BCUT2D eigenvalue weighted by Gasteiger charge is 2.05. The van der Waals surface area contributed by atoms with Gasteiger partial charge in [-0.3, -0.25) is 10.4 Å². The third-order valence-corrected chi connectivity index (χ3v) is 3.47. The number of nitrogens with zero attached hydrogens (tertiary/aromatic N) is 2. The Labute approximate surface area is 140 Å². The zero-order valence-electron chi connectivity index (χ0n) is 13.6. The van der Waals surface area contributed by atoms with Gasteiger partial charge >= 0.3 is 0 Å². The summed E-state index contributed by atoms with van der Waals surface area (Å²) in [5.41, 5.74) is 6.26. The third-order valence-electron chi connectivity index (χ3n) is 3.47. The van der Waals surface area contributed by atoms with Crippen molar-refractivity contribution in [3.8, 4) is 5.75 Å². The normalized spacial score (nSPS) is 11.1. The van der Waals surface area contributed by atoms with Crippen LogP contribution in [0.25, 0.3) is 10.9 Å². The van der Waals surface area contributed by atoms with Gasteiger partial charge in [-0.05, 0) is 49.7 Å². The van der Waals surface area contributed by atoms with Gasteiger partial charge in [0.05, 0.1) is 24.0 Å². The van der Waals surface area contributed by atoms with E-state index in [1.165, 1.54) is 12.1 Å². The first kappa shape index (κ1) is 15.9. The lowest BCUT2D eigenvalue weighted by Crippen LogP contribution is -1.96. The van der Waals surface area contributed by atoms with E-state index in [4.69, 9.17) is 4.74 Å². The highest BCUT2D eigenvalue weighted by Crippen LogP contribution is 2.26. The van der Waals surface area contributed by atoms with E-state index in [9.17, 15) is 4.39 Å². The molecule has 0 radical (unpaired) electrons. The van der Waals surface area contributed by atoms with E-state index in [-0.39, 0.29) is 5.82 Å². The van der Waals surface area contributed by atoms with E-state index in [1.54, 1.807) is 18.3 Å². The summed E-state index contributed by atoms with van der Waals surface area (Å²) >= 11 is 0. The van der Waals surface area contributed by atoms with Crippen molar-refractivity contribution < 1.29 is 9.13 Å². The van der Waals surface area contributed by atoms with Gasteiger partial charge in [0.2, 0.25) is 0 Å². The minimum absolute atomic E-state index is 0.285. The van der Waals surface area contributed by atoms with Crippen LogP contribution in [0.15, 0.2) is 53.6 Å². The van der Waals surface area contributed by atoms with Crippen LogP contribution in [0.3, 0.4) is 0 Å². The summed E-state index contributed by atoms with van der Waals surface area (Å²) in [5.74, 6) is 0.505. The first-order chi connectivity index (χ1) is 11.7. The van der Waals surface area contributed by atoms with E-state index in [1.807, 2.05) is 38.1 Å². The van der Waals surface area contributed by atoms with Crippen molar-refractivity contribution in [1.29, 1.82) is 0 Å². The fourth-order valence-corrected chi connectivity index (χ4v) is 2.45. The van der Waals surface area contributed by atoms with E-state index < -0.39 is 0 Å². The predicted molar refractivity (Wildman–Crippen MR) is 95.3 cm³/mol. The second kappa shape index (κ2) is 7.08. The monoisotopic (exact) mass is 323 g/mol. The Hall–Kier alpha value is -2.95. The van der Waals surface area contributed by atoms with Crippen LogP contribution in [0.4, 0.5) is 10.1 Å². The molecule has 0 unspecified atom stereocenters. The molecule has 0 saturated carbocycles. The number of benzene rings is 2. The lowest BCUT2D eigenvalue weighted by atomic mass is 10.1. The molecule has 0 aliphatic carbocycles. The number of rotatable bonds is 5. The van der Waals surface area contributed by atoms with Crippen molar-refractivity contribution in [3.63, 3.8) is 0 Å². The molecule has 0 saturated heterocycles. The number of ether oxygens (including phenoxy) is 1. The Kier molecular flexibility index (Phi) is 4.70. The molecule has 24 heavy (non-hydrogen) atoms. The molecule has 2 aromatic carbocycles. The standard InChI is InChI=1S/C19H18FN3O/c1-3-24-16-7-8-17-18(11-16)22-13(2)9-19(17)23-21-12-14-5-4-6-15(20)10-14/h4-12H,3H2,1-2H3,(H,22,23). The van der Waals surface area contributed by atoms with Crippen molar-refractivity contribution in [3.05, 3.63) is 65.6 Å². The number of aromatic nitrogens is 1. The Balaban J connectivity index is 1.88. The molecular weight excluding hydrogens is 305 g/mol. The molecule has 0 fully saturated rings. The molecule has 0 aliphatic heterocycles. The van der Waals surface area contributed by atoms with Crippen LogP contribution >= 0.6 is 0 Å². The van der Waals surface area contributed by atoms with Crippen LogP contribution in [0.5, 0.6) is 5.75 Å². The molecule has 0 spiro atoms.